The molecule has 1 N–H and O–H groups in total. The number of phenolic OH excluding ortho intramolecular Hbond substituents is 1. The van der Waals surface area contributed by atoms with Crippen LogP contribution in [-0.4, -0.2) is 43.9 Å². The van der Waals surface area contributed by atoms with Crippen LogP contribution in [-0.2, 0) is 11.2 Å². The molecule has 3 heteroatoms. The second kappa shape index (κ2) is 8.20. The van der Waals surface area contributed by atoms with Gasteiger partial charge in [0, 0.05) is 6.61 Å². The molecule has 4 unspecified atom stereocenters. The molecule has 0 spiro atoms. The topological polar surface area (TPSA) is 32.7 Å². The van der Waals surface area contributed by atoms with Crippen molar-refractivity contribution in [1.82, 2.24) is 4.90 Å². The van der Waals surface area contributed by atoms with Gasteiger partial charge in [-0.2, -0.15) is 0 Å². The van der Waals surface area contributed by atoms with Gasteiger partial charge in [0.15, 0.2) is 0 Å². The summed E-state index contributed by atoms with van der Waals surface area (Å²) in [5, 5.41) is 9.85. The zero-order valence-electron chi connectivity index (χ0n) is 17.9. The number of hydrogen-bond donors (Lipinski definition) is 1. The fourth-order valence-electron chi connectivity index (χ4n) is 6.48. The van der Waals surface area contributed by atoms with Crippen LogP contribution in [0.25, 0.3) is 0 Å². The van der Waals surface area contributed by atoms with Crippen LogP contribution in [0.4, 0.5) is 0 Å². The van der Waals surface area contributed by atoms with Crippen molar-refractivity contribution in [3.8, 4) is 5.75 Å². The number of nitrogens with zero attached hydrogens (tertiary/aromatic N) is 1. The SMILES string of the molecule is CN(C)CCCOCC=C1CCC2C3CCc4cc(O)ccc4C3CCC12C. The van der Waals surface area contributed by atoms with E-state index in [1.165, 1.54) is 43.2 Å². The van der Waals surface area contributed by atoms with Gasteiger partial charge in [-0.25, -0.2) is 0 Å². The van der Waals surface area contributed by atoms with Crippen LogP contribution in [0, 0.1) is 17.3 Å². The summed E-state index contributed by atoms with van der Waals surface area (Å²) in [7, 11) is 4.23. The molecule has 0 amide bonds. The van der Waals surface area contributed by atoms with Gasteiger partial charge in [0.2, 0.25) is 0 Å². The summed E-state index contributed by atoms with van der Waals surface area (Å²) in [6, 6.07) is 6.10. The van der Waals surface area contributed by atoms with E-state index in [-0.39, 0.29) is 0 Å². The zero-order chi connectivity index (χ0) is 19.7. The van der Waals surface area contributed by atoms with Crippen molar-refractivity contribution in [2.24, 2.45) is 17.3 Å². The lowest BCUT2D eigenvalue weighted by Gasteiger charge is -2.49. The van der Waals surface area contributed by atoms with E-state index in [0.717, 1.165) is 44.4 Å². The van der Waals surface area contributed by atoms with Crippen molar-refractivity contribution in [3.05, 3.63) is 41.0 Å². The van der Waals surface area contributed by atoms with Gasteiger partial charge in [0.25, 0.3) is 0 Å². The van der Waals surface area contributed by atoms with Crippen molar-refractivity contribution in [2.75, 3.05) is 33.9 Å². The maximum absolute atomic E-state index is 9.85. The number of fused-ring (bicyclic) bond motifs is 5. The summed E-state index contributed by atoms with van der Waals surface area (Å²) in [5.41, 5.74) is 4.96. The Hall–Kier alpha value is -1.32. The van der Waals surface area contributed by atoms with Crippen molar-refractivity contribution < 1.29 is 9.84 Å². The average Bonchev–Trinajstić information content (AvgIpc) is 3.00. The Kier molecular flexibility index (Phi) is 5.85. The van der Waals surface area contributed by atoms with Gasteiger partial charge >= 0.3 is 0 Å². The number of aryl methyl sites for hydroxylation is 1. The predicted molar refractivity (Wildman–Crippen MR) is 115 cm³/mol. The number of ether oxygens (including phenoxy) is 1. The fraction of sp³-hybridized carbons (Fsp3) is 0.680. The van der Waals surface area contributed by atoms with Crippen LogP contribution in [0.15, 0.2) is 29.8 Å². The lowest BCUT2D eigenvalue weighted by Crippen LogP contribution is -2.40. The molecule has 0 radical (unpaired) electrons. The van der Waals surface area contributed by atoms with Crippen LogP contribution >= 0.6 is 0 Å². The van der Waals surface area contributed by atoms with Crippen molar-refractivity contribution in [3.63, 3.8) is 0 Å². The lowest BCUT2D eigenvalue weighted by molar-refractivity contribution is 0.0802. The molecule has 2 fully saturated rings. The molecule has 0 heterocycles. The number of phenols is 1. The third kappa shape index (κ3) is 3.76. The molecule has 2 saturated carbocycles. The summed E-state index contributed by atoms with van der Waals surface area (Å²) in [4.78, 5) is 2.21. The van der Waals surface area contributed by atoms with Crippen molar-refractivity contribution in [2.45, 2.75) is 57.8 Å². The maximum Gasteiger partial charge on any atom is 0.115 e. The maximum atomic E-state index is 9.85. The Bertz CT molecular complexity index is 725. The second-order valence-corrected chi connectivity index (χ2v) is 9.75. The Morgan fingerprint density at radius 2 is 2.07 bits per heavy atom. The van der Waals surface area contributed by atoms with E-state index in [4.69, 9.17) is 4.74 Å². The summed E-state index contributed by atoms with van der Waals surface area (Å²) >= 11 is 0. The first-order valence-corrected chi connectivity index (χ1v) is 11.2. The largest absolute Gasteiger partial charge is 0.508 e. The van der Waals surface area contributed by atoms with Crippen molar-refractivity contribution in [1.29, 1.82) is 0 Å². The van der Waals surface area contributed by atoms with Crippen LogP contribution in [0.5, 0.6) is 5.75 Å². The lowest BCUT2D eigenvalue weighted by atomic mass is 9.55. The van der Waals surface area contributed by atoms with Crippen molar-refractivity contribution >= 4 is 0 Å². The summed E-state index contributed by atoms with van der Waals surface area (Å²) in [6.45, 7) is 5.27. The quantitative estimate of drug-likeness (QED) is 0.545. The highest BCUT2D eigenvalue weighted by atomic mass is 16.5. The molecule has 28 heavy (non-hydrogen) atoms. The van der Waals surface area contributed by atoms with Crippen LogP contribution in [0.2, 0.25) is 0 Å². The third-order valence-corrected chi connectivity index (χ3v) is 7.90. The minimum absolute atomic E-state index is 0.378. The molecule has 3 nitrogen and oxygen atoms in total. The number of benzene rings is 1. The molecule has 3 aliphatic carbocycles. The van der Waals surface area contributed by atoms with E-state index < -0.39 is 0 Å². The van der Waals surface area contributed by atoms with Gasteiger partial charge in [-0.05, 0) is 112 Å². The van der Waals surface area contributed by atoms with Gasteiger partial charge in [0.1, 0.15) is 5.75 Å². The Morgan fingerprint density at radius 3 is 2.89 bits per heavy atom. The highest BCUT2D eigenvalue weighted by molar-refractivity contribution is 5.40. The first kappa shape index (κ1) is 20.0. The minimum atomic E-state index is 0.378. The molecule has 154 valence electrons. The Morgan fingerprint density at radius 1 is 1.21 bits per heavy atom. The summed E-state index contributed by atoms with van der Waals surface area (Å²) in [6.07, 6.45) is 11.1. The number of aromatic hydroxyl groups is 1. The fourth-order valence-corrected chi connectivity index (χ4v) is 6.48. The van der Waals surface area contributed by atoms with Gasteiger partial charge in [-0.15, -0.1) is 0 Å². The molecular weight excluding hydrogens is 346 g/mol. The van der Waals surface area contributed by atoms with Crippen LogP contribution in [0.3, 0.4) is 0 Å². The standard InChI is InChI=1S/C25H37NO2/c1-25-13-11-22-21-9-7-20(27)17-18(21)5-8-23(22)24(25)10-6-19(25)12-16-28-15-4-14-26(2)3/h7,9,12,17,22-24,27H,4-6,8,10-11,13-16H2,1-3H3. The molecule has 0 aromatic heterocycles. The number of rotatable bonds is 6. The van der Waals surface area contributed by atoms with Crippen LogP contribution in [0.1, 0.15) is 62.5 Å². The third-order valence-electron chi connectivity index (χ3n) is 7.90. The van der Waals surface area contributed by atoms with E-state index in [1.54, 1.807) is 5.57 Å². The molecular formula is C25H37NO2. The zero-order valence-corrected chi connectivity index (χ0v) is 17.9. The van der Waals surface area contributed by atoms with Crippen LogP contribution < -0.4 is 0 Å². The first-order chi connectivity index (χ1) is 13.5. The van der Waals surface area contributed by atoms with E-state index in [1.807, 2.05) is 12.1 Å². The first-order valence-electron chi connectivity index (χ1n) is 11.2. The molecule has 3 aliphatic rings. The molecule has 0 bridgehead atoms. The monoisotopic (exact) mass is 383 g/mol. The molecule has 4 atom stereocenters. The average molecular weight is 384 g/mol. The normalized spacial score (nSPS) is 33.0. The second-order valence-electron chi connectivity index (χ2n) is 9.75. The van der Waals surface area contributed by atoms with E-state index in [2.05, 4.69) is 38.1 Å². The highest BCUT2D eigenvalue weighted by Gasteiger charge is 2.52. The number of hydrogen-bond acceptors (Lipinski definition) is 3. The van der Waals surface area contributed by atoms with Gasteiger partial charge < -0.3 is 14.7 Å². The molecule has 1 aromatic carbocycles. The van der Waals surface area contributed by atoms with Gasteiger partial charge in [-0.1, -0.05) is 24.6 Å². The van der Waals surface area contributed by atoms with Gasteiger partial charge in [-0.3, -0.25) is 0 Å². The predicted octanol–water partition coefficient (Wildman–Crippen LogP) is 5.14. The molecule has 0 saturated heterocycles. The van der Waals surface area contributed by atoms with E-state index in [0.29, 0.717) is 17.1 Å². The summed E-state index contributed by atoms with van der Waals surface area (Å²) in [5.74, 6) is 2.74. The van der Waals surface area contributed by atoms with E-state index in [9.17, 15) is 5.11 Å². The smallest absolute Gasteiger partial charge is 0.115 e. The molecule has 4 rings (SSSR count). The molecule has 0 aliphatic heterocycles. The van der Waals surface area contributed by atoms with Gasteiger partial charge in [0.05, 0.1) is 6.61 Å². The van der Waals surface area contributed by atoms with E-state index >= 15 is 0 Å². The number of allylic oxidation sites excluding steroid dienone is 1. The highest BCUT2D eigenvalue weighted by Crippen LogP contribution is 2.62. The summed E-state index contributed by atoms with van der Waals surface area (Å²) < 4.78 is 5.91. The Labute approximate surface area is 170 Å². The molecule has 1 aromatic rings. The Balaban J connectivity index is 1.41. The minimum Gasteiger partial charge on any atom is -0.508 e.